The minimum absolute atomic E-state index is 0.00553. The molecule has 13 nitrogen and oxygen atoms in total. The minimum atomic E-state index is -1.44. The maximum Gasteiger partial charge on any atom is 0.303 e. The lowest BCUT2D eigenvalue weighted by Gasteiger charge is -2.44. The molecule has 2 N–H and O–H groups in total. The van der Waals surface area contributed by atoms with Crippen LogP contribution in [0.25, 0.3) is 22.3 Å². The van der Waals surface area contributed by atoms with Gasteiger partial charge in [-0.2, -0.15) is 0 Å². The van der Waals surface area contributed by atoms with Crippen LogP contribution in [0.4, 0.5) is 0 Å². The van der Waals surface area contributed by atoms with E-state index in [1.165, 1.54) is 19.1 Å². The number of phenols is 1. The third-order valence-corrected chi connectivity index (χ3v) is 6.17. The van der Waals surface area contributed by atoms with Crippen LogP contribution >= 0.6 is 0 Å². The molecule has 42 heavy (non-hydrogen) atoms. The topological polar surface area (TPSA) is 177 Å². The largest absolute Gasteiger partial charge is 0.507 e. The molecule has 3 aromatic rings. The number of ether oxygens (including phenoxy) is 5. The lowest BCUT2D eigenvalue weighted by atomic mass is 9.96. The molecule has 1 amide bonds. The minimum Gasteiger partial charge on any atom is -0.507 e. The summed E-state index contributed by atoms with van der Waals surface area (Å²) in [5.74, 6) is -2.99. The van der Waals surface area contributed by atoms with Gasteiger partial charge in [0.15, 0.2) is 17.6 Å². The van der Waals surface area contributed by atoms with Gasteiger partial charge in [-0.25, -0.2) is 0 Å². The predicted octanol–water partition coefficient (Wildman–Crippen LogP) is 2.20. The van der Waals surface area contributed by atoms with Gasteiger partial charge in [-0.05, 0) is 0 Å². The van der Waals surface area contributed by atoms with Crippen molar-refractivity contribution in [1.29, 1.82) is 0 Å². The van der Waals surface area contributed by atoms with Gasteiger partial charge in [0.2, 0.25) is 12.2 Å². The number of carbonyl (C=O) groups excluding carboxylic acids is 4. The fraction of sp³-hybridized carbons (Fsp3) is 0.345. The number of aromatic hydroxyl groups is 1. The van der Waals surface area contributed by atoms with Gasteiger partial charge in [0, 0.05) is 51.5 Å². The Kier molecular flexibility index (Phi) is 9.11. The van der Waals surface area contributed by atoms with E-state index in [-0.39, 0.29) is 22.5 Å². The Bertz CT molecular complexity index is 1550. The Morgan fingerprint density at radius 3 is 2.19 bits per heavy atom. The number of benzene rings is 2. The van der Waals surface area contributed by atoms with E-state index in [1.54, 1.807) is 30.3 Å². The van der Waals surface area contributed by atoms with Crippen LogP contribution in [-0.4, -0.2) is 66.2 Å². The number of carbonyl (C=O) groups is 4. The summed E-state index contributed by atoms with van der Waals surface area (Å²) in [5.41, 5.74) is 0.122. The quantitative estimate of drug-likeness (QED) is 0.292. The van der Waals surface area contributed by atoms with Crippen molar-refractivity contribution >= 4 is 34.8 Å². The normalized spacial score (nSPS) is 21.7. The van der Waals surface area contributed by atoms with Gasteiger partial charge in [0.05, 0.1) is 0 Å². The highest BCUT2D eigenvalue weighted by molar-refractivity contribution is 5.86. The molecule has 5 atom stereocenters. The predicted molar refractivity (Wildman–Crippen MR) is 144 cm³/mol. The second kappa shape index (κ2) is 12.7. The van der Waals surface area contributed by atoms with Crippen LogP contribution in [0.5, 0.6) is 11.5 Å². The van der Waals surface area contributed by atoms with E-state index in [9.17, 15) is 29.1 Å². The highest BCUT2D eigenvalue weighted by atomic mass is 16.7. The van der Waals surface area contributed by atoms with Crippen LogP contribution in [0.3, 0.4) is 0 Å². The van der Waals surface area contributed by atoms with Crippen molar-refractivity contribution in [2.24, 2.45) is 0 Å². The molecule has 1 aromatic heterocycles. The monoisotopic (exact) mass is 583 g/mol. The van der Waals surface area contributed by atoms with Crippen LogP contribution in [0.15, 0.2) is 57.7 Å². The molecule has 0 saturated carbocycles. The average Bonchev–Trinajstić information content (AvgIpc) is 2.90. The fourth-order valence-electron chi connectivity index (χ4n) is 4.58. The van der Waals surface area contributed by atoms with Crippen molar-refractivity contribution in [3.05, 3.63) is 58.8 Å². The second-order valence-corrected chi connectivity index (χ2v) is 9.49. The molecule has 0 radical (unpaired) electrons. The van der Waals surface area contributed by atoms with E-state index in [4.69, 9.17) is 28.1 Å². The Hall–Kier alpha value is -4.91. The van der Waals surface area contributed by atoms with Crippen molar-refractivity contribution < 1.29 is 52.4 Å². The number of rotatable bonds is 8. The summed E-state index contributed by atoms with van der Waals surface area (Å²) in [4.78, 5) is 60.6. The zero-order valence-corrected chi connectivity index (χ0v) is 23.2. The standard InChI is InChI=1S/C29H29NO12/c1-14(31)30-26-28(39-17(4)34)27(38-16(3)33)24(13-37-15(2)32)42-29(26)40-19-10-20(35)25-21(36)12-22(41-23(25)11-19)18-8-6-5-7-9-18/h5-12,24,26-29,35H,13H2,1-4H3,(H,30,31). The molecule has 1 saturated heterocycles. The Morgan fingerprint density at radius 2 is 1.57 bits per heavy atom. The Balaban J connectivity index is 1.77. The second-order valence-electron chi connectivity index (χ2n) is 9.49. The van der Waals surface area contributed by atoms with Gasteiger partial charge >= 0.3 is 17.9 Å². The van der Waals surface area contributed by atoms with Crippen LogP contribution in [0.1, 0.15) is 27.7 Å². The number of phenolic OH excluding ortho intramolecular Hbond substituents is 1. The zero-order valence-electron chi connectivity index (χ0n) is 23.2. The Morgan fingerprint density at radius 1 is 0.905 bits per heavy atom. The lowest BCUT2D eigenvalue weighted by Crippen LogP contribution is -2.67. The molecule has 13 heteroatoms. The number of hydrogen-bond acceptors (Lipinski definition) is 12. The molecular formula is C29H29NO12. The summed E-state index contributed by atoms with van der Waals surface area (Å²) in [6.07, 6.45) is -5.29. The third kappa shape index (κ3) is 7.04. The molecule has 2 heterocycles. The first-order chi connectivity index (χ1) is 19.9. The average molecular weight is 584 g/mol. The molecule has 0 spiro atoms. The van der Waals surface area contributed by atoms with Gasteiger partial charge in [0.25, 0.3) is 0 Å². The van der Waals surface area contributed by atoms with Crippen molar-refractivity contribution in [2.45, 2.75) is 58.3 Å². The first-order valence-electron chi connectivity index (χ1n) is 12.9. The molecule has 1 aliphatic rings. The van der Waals surface area contributed by atoms with Crippen LogP contribution in [0.2, 0.25) is 0 Å². The molecule has 0 aliphatic carbocycles. The Labute approximate surface area is 239 Å². The van der Waals surface area contributed by atoms with Crippen molar-refractivity contribution in [1.82, 2.24) is 5.32 Å². The molecule has 1 aliphatic heterocycles. The summed E-state index contributed by atoms with van der Waals surface area (Å²) >= 11 is 0. The van der Waals surface area contributed by atoms with Crippen molar-refractivity contribution in [3.63, 3.8) is 0 Å². The number of esters is 3. The maximum atomic E-state index is 12.8. The number of hydrogen-bond donors (Lipinski definition) is 2. The molecule has 4 rings (SSSR count). The first kappa shape index (κ1) is 30.1. The smallest absolute Gasteiger partial charge is 0.303 e. The van der Waals surface area contributed by atoms with Crippen LogP contribution in [0, 0.1) is 0 Å². The van der Waals surface area contributed by atoms with Gasteiger partial charge in [-0.15, -0.1) is 0 Å². The van der Waals surface area contributed by atoms with Crippen LogP contribution in [-0.2, 0) is 38.1 Å². The summed E-state index contributed by atoms with van der Waals surface area (Å²) in [5, 5.41) is 13.2. The van der Waals surface area contributed by atoms with Gasteiger partial charge in [-0.3, -0.25) is 24.0 Å². The molecular weight excluding hydrogens is 554 g/mol. The van der Waals surface area contributed by atoms with E-state index in [0.717, 1.165) is 26.8 Å². The van der Waals surface area contributed by atoms with Crippen molar-refractivity contribution in [3.8, 4) is 22.8 Å². The number of nitrogens with one attached hydrogen (secondary N) is 1. The molecule has 2 aromatic carbocycles. The third-order valence-electron chi connectivity index (χ3n) is 6.17. The highest BCUT2D eigenvalue weighted by Gasteiger charge is 2.52. The molecule has 0 bridgehead atoms. The molecule has 5 unspecified atom stereocenters. The van der Waals surface area contributed by atoms with E-state index < -0.39 is 72.2 Å². The van der Waals surface area contributed by atoms with E-state index in [2.05, 4.69) is 5.32 Å². The fourth-order valence-corrected chi connectivity index (χ4v) is 4.58. The highest BCUT2D eigenvalue weighted by Crippen LogP contribution is 2.34. The lowest BCUT2D eigenvalue weighted by molar-refractivity contribution is -0.257. The first-order valence-corrected chi connectivity index (χ1v) is 12.9. The molecule has 1 fully saturated rings. The van der Waals surface area contributed by atoms with Gasteiger partial charge in [0.1, 0.15) is 47.0 Å². The van der Waals surface area contributed by atoms with E-state index in [1.807, 2.05) is 0 Å². The summed E-state index contributed by atoms with van der Waals surface area (Å²) in [7, 11) is 0. The SMILES string of the molecule is CC(=O)NC1C(Oc2cc(O)c3c(=O)cc(-c4ccccc4)oc3c2)OC(COC(C)=O)C(OC(C)=O)C1OC(C)=O. The van der Waals surface area contributed by atoms with Gasteiger partial charge in [-0.1, -0.05) is 30.3 Å². The van der Waals surface area contributed by atoms with E-state index in [0.29, 0.717) is 5.56 Å². The number of fused-ring (bicyclic) bond motifs is 1. The number of amides is 1. The summed E-state index contributed by atoms with van der Waals surface area (Å²) in [6.45, 7) is 4.19. The summed E-state index contributed by atoms with van der Waals surface area (Å²) < 4.78 is 33.8. The van der Waals surface area contributed by atoms with Crippen molar-refractivity contribution in [2.75, 3.05) is 6.61 Å². The summed E-state index contributed by atoms with van der Waals surface area (Å²) in [6, 6.07) is 11.3. The van der Waals surface area contributed by atoms with E-state index >= 15 is 0 Å². The van der Waals surface area contributed by atoms with Gasteiger partial charge < -0.3 is 38.5 Å². The zero-order chi connectivity index (χ0) is 30.6. The molecule has 222 valence electrons. The van der Waals surface area contributed by atoms with Crippen LogP contribution < -0.4 is 15.5 Å². The maximum absolute atomic E-state index is 12.8.